The number of rotatable bonds is 10. The van der Waals surface area contributed by atoms with Crippen molar-refractivity contribution in [2.45, 2.75) is 19.3 Å². The molecule has 20 aromatic carbocycles. The van der Waals surface area contributed by atoms with E-state index in [-0.39, 0.29) is 5.41 Å². The Kier molecular flexibility index (Phi) is 13.3. The lowest BCUT2D eigenvalue weighted by Gasteiger charge is -2.28. The Morgan fingerprint density at radius 3 is 1.21 bits per heavy atom. The van der Waals surface area contributed by atoms with Crippen molar-refractivity contribution in [2.75, 3.05) is 9.80 Å². The lowest BCUT2D eigenvalue weighted by Crippen LogP contribution is -2.16. The van der Waals surface area contributed by atoms with Crippen LogP contribution in [0.3, 0.4) is 0 Å². The van der Waals surface area contributed by atoms with Gasteiger partial charge in [0.1, 0.15) is 11.2 Å². The summed E-state index contributed by atoms with van der Waals surface area (Å²) in [7, 11) is 0. The summed E-state index contributed by atoms with van der Waals surface area (Å²) in [5.74, 6) is 0. The molecule has 24 rings (SSSR count). The van der Waals surface area contributed by atoms with E-state index in [0.717, 1.165) is 50.4 Å². The molecule has 0 radical (unpaired) electrons. The Morgan fingerprint density at radius 1 is 0.231 bits per heavy atom. The summed E-state index contributed by atoms with van der Waals surface area (Å²) in [6.07, 6.45) is 0. The number of para-hydroxylation sites is 3. The van der Waals surface area contributed by atoms with Crippen LogP contribution in [0.1, 0.15) is 25.0 Å². The van der Waals surface area contributed by atoms with Gasteiger partial charge in [0.05, 0.1) is 0 Å². The van der Waals surface area contributed by atoms with Crippen LogP contribution in [0.5, 0.6) is 0 Å². The highest BCUT2D eigenvalue weighted by atomic mass is 32.1. The molecule has 3 nitrogen and oxygen atoms in total. The van der Waals surface area contributed by atoms with Crippen molar-refractivity contribution in [3.63, 3.8) is 0 Å². The number of thiophene rings is 2. The number of fused-ring (bicyclic) bond motifs is 8. The number of anilines is 6. The minimum Gasteiger partial charge on any atom is -0.456 e. The van der Waals surface area contributed by atoms with E-state index in [0.29, 0.717) is 0 Å². The average molecular weight is 1410 g/mol. The standard InChI is InChI=1S/C53H35NS.C50H29NOS/c1-53(2)45-19-7-6-16-40(45)41-28-27-39(31-46(41)53)54(37-14-4-3-5-15-37)38-25-23-32(24-26-38)34-12-8-13-35(29-34)44-30-36-22-21-33-11-9-17-42-43-18-10-20-47-50(43)51(52(44)55-47)49(36)48(33)42;1-2-12-35(13-3-1)51(37-25-26-44-42(29-37)38-14-4-5-17-43(38)52-44)36-23-21-30(22-24-36)32-10-6-11-33(27-32)41-28-34-20-19-31-9-7-15-39-40-16-8-18-45-48(40)49(50(41)53-45)47(34)46(31)39/h3-31H,1-2H3;1-29H. The first kappa shape index (κ1) is 61.2. The molecule has 3 heterocycles. The van der Waals surface area contributed by atoms with E-state index in [9.17, 15) is 0 Å². The van der Waals surface area contributed by atoms with Crippen molar-refractivity contribution in [3.05, 3.63) is 363 Å². The van der Waals surface area contributed by atoms with E-state index in [1.54, 1.807) is 0 Å². The molecule has 0 N–H and O–H groups in total. The van der Waals surface area contributed by atoms with Gasteiger partial charge in [-0.25, -0.2) is 0 Å². The Bertz CT molecular complexity index is 7510. The van der Waals surface area contributed by atoms with Crippen molar-refractivity contribution < 1.29 is 4.42 Å². The van der Waals surface area contributed by atoms with Crippen LogP contribution in [-0.2, 0) is 5.41 Å². The van der Waals surface area contributed by atoms with Crippen molar-refractivity contribution >= 4 is 184 Å². The van der Waals surface area contributed by atoms with Gasteiger partial charge in [0.2, 0.25) is 0 Å². The molecule has 0 spiro atoms. The van der Waals surface area contributed by atoms with E-state index in [2.05, 4.69) is 363 Å². The van der Waals surface area contributed by atoms with Crippen LogP contribution in [0.25, 0.3) is 183 Å². The van der Waals surface area contributed by atoms with Crippen LogP contribution in [0, 0.1) is 0 Å². The number of furan rings is 1. The smallest absolute Gasteiger partial charge is 0.135 e. The van der Waals surface area contributed by atoms with Crippen LogP contribution in [0.4, 0.5) is 34.1 Å². The lowest BCUT2D eigenvalue weighted by atomic mass is 9.82. The maximum atomic E-state index is 6.17. The van der Waals surface area contributed by atoms with Gasteiger partial charge in [0.25, 0.3) is 0 Å². The summed E-state index contributed by atoms with van der Waals surface area (Å²) >= 11 is 3.87. The molecule has 0 aliphatic heterocycles. The zero-order valence-electron chi connectivity index (χ0n) is 59.1. The van der Waals surface area contributed by atoms with Gasteiger partial charge in [-0.05, 0) is 242 Å². The Hall–Kier alpha value is -13.2. The second-order valence-corrected chi connectivity index (χ2v) is 31.8. The van der Waals surface area contributed by atoms with E-state index in [4.69, 9.17) is 4.42 Å². The van der Waals surface area contributed by atoms with E-state index in [1.165, 1.54) is 177 Å². The summed E-state index contributed by atoms with van der Waals surface area (Å²) < 4.78 is 11.6. The van der Waals surface area contributed by atoms with E-state index < -0.39 is 0 Å². The SMILES string of the molecule is CC1(C)c2ccccc2-c2ccc(N(c3ccccc3)c3ccc(-c4cccc(-c5cc6ccc7cccc8c9cccc%10sc5c(c%109)c6c78)c4)cc3)cc21.c1ccc(N(c2ccc(-c3cccc(-c4cc5ccc6cccc7c8cccc9sc4c(c98)c5c67)c3)cc2)c2ccc3oc4ccccc4c3c2)cc1. The molecule has 0 unspecified atom stereocenters. The predicted molar refractivity (Wildman–Crippen MR) is 464 cm³/mol. The van der Waals surface area contributed by atoms with Gasteiger partial charge in [-0.1, -0.05) is 244 Å². The molecule has 1 aliphatic rings. The normalized spacial score (nSPS) is 12.8. The van der Waals surface area contributed by atoms with Gasteiger partial charge in [-0.3, -0.25) is 0 Å². The van der Waals surface area contributed by atoms with Crippen LogP contribution >= 0.6 is 22.7 Å². The zero-order chi connectivity index (χ0) is 71.0. The molecule has 0 atom stereocenters. The van der Waals surface area contributed by atoms with Gasteiger partial charge in [0, 0.05) is 102 Å². The van der Waals surface area contributed by atoms with Crippen molar-refractivity contribution in [1.29, 1.82) is 0 Å². The first-order valence-corrected chi connectivity index (χ1v) is 38.9. The highest BCUT2D eigenvalue weighted by Gasteiger charge is 2.36. The predicted octanol–water partition coefficient (Wildman–Crippen LogP) is 30.6. The molecular weight excluding hydrogens is 1350 g/mol. The fourth-order valence-corrected chi connectivity index (χ4v) is 21.1. The molecule has 3 aromatic heterocycles. The summed E-state index contributed by atoms with van der Waals surface area (Å²) in [4.78, 5) is 4.71. The van der Waals surface area contributed by atoms with E-state index >= 15 is 0 Å². The minimum absolute atomic E-state index is 0.0678. The first-order chi connectivity index (χ1) is 53.3. The Balaban J connectivity index is 0.000000130. The van der Waals surface area contributed by atoms with Crippen LogP contribution in [-0.4, -0.2) is 0 Å². The van der Waals surface area contributed by atoms with Gasteiger partial charge in [0.15, 0.2) is 0 Å². The van der Waals surface area contributed by atoms with Crippen LogP contribution in [0.2, 0.25) is 0 Å². The van der Waals surface area contributed by atoms with Gasteiger partial charge < -0.3 is 14.2 Å². The lowest BCUT2D eigenvalue weighted by molar-refractivity contribution is 0.660. The molecule has 0 amide bonds. The molecule has 504 valence electrons. The van der Waals surface area contributed by atoms with Gasteiger partial charge >= 0.3 is 0 Å². The second kappa shape index (κ2) is 23.4. The summed E-state index contributed by atoms with van der Waals surface area (Å²) in [5.41, 5.74) is 23.8. The zero-order valence-corrected chi connectivity index (χ0v) is 60.7. The van der Waals surface area contributed by atoms with Crippen molar-refractivity contribution in [3.8, 4) is 55.6 Å². The topological polar surface area (TPSA) is 19.6 Å². The quantitative estimate of drug-likeness (QED) is 0.100. The highest BCUT2D eigenvalue weighted by Crippen LogP contribution is 2.56. The fourth-order valence-electron chi connectivity index (χ4n) is 18.6. The number of nitrogens with zero attached hydrogens (tertiary/aromatic N) is 2. The molecule has 1 aliphatic carbocycles. The number of hydrogen-bond donors (Lipinski definition) is 0. The molecule has 23 aromatic rings. The van der Waals surface area contributed by atoms with Crippen molar-refractivity contribution in [1.82, 2.24) is 0 Å². The third-order valence-electron chi connectivity index (χ3n) is 23.5. The maximum absolute atomic E-state index is 6.17. The number of benzene rings is 20. The molecule has 108 heavy (non-hydrogen) atoms. The highest BCUT2D eigenvalue weighted by molar-refractivity contribution is 7.27. The van der Waals surface area contributed by atoms with E-state index in [1.807, 2.05) is 34.8 Å². The van der Waals surface area contributed by atoms with Crippen LogP contribution < -0.4 is 9.80 Å². The van der Waals surface area contributed by atoms with Crippen molar-refractivity contribution in [2.24, 2.45) is 0 Å². The average Bonchev–Trinajstić information content (AvgIpc) is 1.46. The summed E-state index contributed by atoms with van der Waals surface area (Å²) in [5, 5.41) is 24.1. The van der Waals surface area contributed by atoms with Gasteiger partial charge in [-0.2, -0.15) is 0 Å². The fraction of sp³-hybridized carbons (Fsp3) is 0.0291. The third-order valence-corrected chi connectivity index (χ3v) is 25.9. The second-order valence-electron chi connectivity index (χ2n) is 29.7. The molecule has 0 fully saturated rings. The summed E-state index contributed by atoms with van der Waals surface area (Å²) in [6, 6.07) is 130. The third kappa shape index (κ3) is 9.13. The largest absolute Gasteiger partial charge is 0.456 e. The monoisotopic (exact) mass is 1410 g/mol. The molecule has 0 saturated heterocycles. The molecule has 0 bridgehead atoms. The minimum atomic E-state index is -0.0678. The molecule has 0 saturated carbocycles. The van der Waals surface area contributed by atoms with Crippen LogP contribution in [0.15, 0.2) is 356 Å². The molecular formula is C103H64N2OS2. The van der Waals surface area contributed by atoms with Gasteiger partial charge in [-0.15, -0.1) is 22.7 Å². The first-order valence-electron chi connectivity index (χ1n) is 37.3. The Labute approximate surface area is 631 Å². The molecule has 5 heteroatoms. The maximum Gasteiger partial charge on any atom is 0.135 e. The Morgan fingerprint density at radius 2 is 0.648 bits per heavy atom. The summed E-state index contributed by atoms with van der Waals surface area (Å²) in [6.45, 7) is 4.70. The number of hydrogen-bond acceptors (Lipinski definition) is 5.